The maximum absolute atomic E-state index is 10.8. The van der Waals surface area contributed by atoms with Gasteiger partial charge in [0.1, 0.15) is 11.9 Å². The Morgan fingerprint density at radius 2 is 0.745 bits per heavy atom. The lowest BCUT2D eigenvalue weighted by molar-refractivity contribution is -0.0761. The lowest BCUT2D eigenvalue weighted by atomic mass is 9.69. The van der Waals surface area contributed by atoms with Crippen molar-refractivity contribution in [1.29, 1.82) is 0 Å². The van der Waals surface area contributed by atoms with Gasteiger partial charge in [0, 0.05) is 16.7 Å². The molecule has 0 aliphatic heterocycles. The standard InChI is InChI=1S/C35H56O4.2H3O3P/c1-22-15-24(31(3,4)5)28(25(16-22)32(6,7)8)30(35(19-36,20-37)21-38)39-29-26(33(9,10)11)17-23(2)18-27(29)34(12,13)14;2*1-4(2)3/h15-18,30,36-38H,19-21H2,1-14H3;2*1-3H. The van der Waals surface area contributed by atoms with E-state index in [-0.39, 0.29) is 21.7 Å². The normalized spacial score (nSPS) is 13.6. The van der Waals surface area contributed by atoms with Crippen molar-refractivity contribution in [3.8, 4) is 5.75 Å². The van der Waals surface area contributed by atoms with Crippen LogP contribution >= 0.6 is 17.2 Å². The predicted molar refractivity (Wildman–Crippen MR) is 191 cm³/mol. The number of rotatable bonds is 7. The lowest BCUT2D eigenvalue weighted by Crippen LogP contribution is -2.45. The van der Waals surface area contributed by atoms with Gasteiger partial charge in [-0.3, -0.25) is 0 Å². The van der Waals surface area contributed by atoms with Gasteiger partial charge in [0.15, 0.2) is 0 Å². The number of hydrogen-bond donors (Lipinski definition) is 9. The maximum atomic E-state index is 10.8. The summed E-state index contributed by atoms with van der Waals surface area (Å²) in [6, 6.07) is 8.76. The van der Waals surface area contributed by atoms with E-state index >= 15 is 0 Å². The quantitative estimate of drug-likeness (QED) is 0.156. The molecule has 2 aromatic carbocycles. The average molecular weight is 705 g/mol. The summed E-state index contributed by atoms with van der Waals surface area (Å²) in [5, 5.41) is 32.5. The largest absolute Gasteiger partial charge is 0.484 e. The third-order valence-electron chi connectivity index (χ3n) is 7.79. The van der Waals surface area contributed by atoms with Crippen LogP contribution in [0, 0.1) is 19.3 Å². The van der Waals surface area contributed by atoms with Gasteiger partial charge >= 0.3 is 17.2 Å². The molecular formula is C35H62O10P2. The molecule has 0 saturated carbocycles. The van der Waals surface area contributed by atoms with Crippen LogP contribution in [0.4, 0.5) is 0 Å². The first-order chi connectivity index (χ1) is 21.0. The fraction of sp³-hybridized carbons (Fsp3) is 0.657. The molecule has 12 heteroatoms. The Labute approximate surface area is 285 Å². The number of ether oxygens (including phenoxy) is 1. The van der Waals surface area contributed by atoms with Gasteiger partial charge in [0.05, 0.1) is 25.2 Å². The van der Waals surface area contributed by atoms with E-state index in [9.17, 15) is 15.3 Å². The zero-order valence-electron chi connectivity index (χ0n) is 30.8. The second-order valence-electron chi connectivity index (χ2n) is 16.3. The highest BCUT2D eigenvalue weighted by Crippen LogP contribution is 2.50. The summed E-state index contributed by atoms with van der Waals surface area (Å²) in [5.41, 5.74) is 5.33. The van der Waals surface area contributed by atoms with Crippen LogP contribution < -0.4 is 4.74 Å². The first-order valence-electron chi connectivity index (χ1n) is 15.5. The Morgan fingerprint density at radius 1 is 0.511 bits per heavy atom. The van der Waals surface area contributed by atoms with E-state index < -0.39 is 48.5 Å². The zero-order valence-corrected chi connectivity index (χ0v) is 32.6. The van der Waals surface area contributed by atoms with Crippen molar-refractivity contribution in [2.75, 3.05) is 19.8 Å². The summed E-state index contributed by atoms with van der Waals surface area (Å²) >= 11 is 0. The van der Waals surface area contributed by atoms with Gasteiger partial charge in [-0.05, 0) is 46.6 Å². The smallest absolute Gasteiger partial charge is 0.324 e. The summed E-state index contributed by atoms with van der Waals surface area (Å²) in [6.45, 7) is 29.1. The van der Waals surface area contributed by atoms with Crippen LogP contribution in [0.15, 0.2) is 24.3 Å². The number of aliphatic hydroxyl groups is 3. The van der Waals surface area contributed by atoms with Crippen LogP contribution in [0.2, 0.25) is 0 Å². The fourth-order valence-electron chi connectivity index (χ4n) is 5.34. The second kappa shape index (κ2) is 17.6. The topological polar surface area (TPSA) is 191 Å². The highest BCUT2D eigenvalue weighted by molar-refractivity contribution is 7.38. The molecule has 0 aliphatic rings. The van der Waals surface area contributed by atoms with Gasteiger partial charge in [0.2, 0.25) is 0 Å². The highest BCUT2D eigenvalue weighted by atomic mass is 31.2. The zero-order chi connectivity index (χ0) is 37.5. The summed E-state index contributed by atoms with van der Waals surface area (Å²) in [7, 11) is -5.24. The van der Waals surface area contributed by atoms with Crippen molar-refractivity contribution in [3.63, 3.8) is 0 Å². The van der Waals surface area contributed by atoms with Crippen LogP contribution in [0.5, 0.6) is 5.75 Å². The van der Waals surface area contributed by atoms with E-state index in [0.29, 0.717) is 0 Å². The molecule has 0 aliphatic carbocycles. The molecule has 0 fully saturated rings. The van der Waals surface area contributed by atoms with Crippen molar-refractivity contribution in [1.82, 2.24) is 0 Å². The Hall–Kier alpha value is -1.26. The van der Waals surface area contributed by atoms with Crippen molar-refractivity contribution in [3.05, 3.63) is 63.2 Å². The predicted octanol–water partition coefficient (Wildman–Crippen LogP) is 5.96. The van der Waals surface area contributed by atoms with E-state index in [4.69, 9.17) is 34.1 Å². The molecular weight excluding hydrogens is 642 g/mol. The van der Waals surface area contributed by atoms with Crippen molar-refractivity contribution < 1.29 is 49.4 Å². The number of aliphatic hydroxyl groups excluding tert-OH is 3. The van der Waals surface area contributed by atoms with Crippen molar-refractivity contribution in [2.45, 2.75) is 125 Å². The molecule has 0 heterocycles. The van der Waals surface area contributed by atoms with Crippen molar-refractivity contribution >= 4 is 17.2 Å². The molecule has 47 heavy (non-hydrogen) atoms. The third-order valence-corrected chi connectivity index (χ3v) is 7.79. The molecule has 1 unspecified atom stereocenters. The maximum Gasteiger partial charge on any atom is 0.324 e. The van der Waals surface area contributed by atoms with Crippen molar-refractivity contribution in [2.24, 2.45) is 5.41 Å². The number of hydrogen-bond acceptors (Lipinski definition) is 10. The lowest BCUT2D eigenvalue weighted by Gasteiger charge is -2.43. The molecule has 272 valence electrons. The molecule has 0 aromatic heterocycles. The number of aryl methyl sites for hydroxylation is 2. The first kappa shape index (κ1) is 45.7. The van der Waals surface area contributed by atoms with Gasteiger partial charge in [0.25, 0.3) is 0 Å². The van der Waals surface area contributed by atoms with Crippen LogP contribution in [0.3, 0.4) is 0 Å². The Bertz CT molecular complexity index is 1170. The third kappa shape index (κ3) is 13.5. The minimum Gasteiger partial charge on any atom is -0.484 e. The molecule has 9 N–H and O–H groups in total. The van der Waals surface area contributed by atoms with Crippen LogP contribution in [-0.2, 0) is 21.7 Å². The van der Waals surface area contributed by atoms with Crippen LogP contribution in [-0.4, -0.2) is 64.5 Å². The molecule has 0 amide bonds. The van der Waals surface area contributed by atoms with Crippen LogP contribution in [0.1, 0.15) is 128 Å². The fourth-order valence-corrected chi connectivity index (χ4v) is 5.34. The monoisotopic (exact) mass is 704 g/mol. The van der Waals surface area contributed by atoms with E-state index in [1.165, 1.54) is 0 Å². The molecule has 0 spiro atoms. The second-order valence-corrected chi connectivity index (χ2v) is 17.4. The summed E-state index contributed by atoms with van der Waals surface area (Å²) in [6.07, 6.45) is -0.800. The van der Waals surface area contributed by atoms with Gasteiger partial charge in [-0.25, -0.2) is 0 Å². The van der Waals surface area contributed by atoms with E-state index in [1.807, 2.05) is 0 Å². The molecule has 10 nitrogen and oxygen atoms in total. The Balaban J connectivity index is 0.00000236. The summed E-state index contributed by atoms with van der Waals surface area (Å²) in [4.78, 5) is 43.4. The van der Waals surface area contributed by atoms with E-state index in [0.717, 1.165) is 44.7 Å². The van der Waals surface area contributed by atoms with Gasteiger partial charge in [-0.1, -0.05) is 118 Å². The molecule has 0 saturated heterocycles. The highest BCUT2D eigenvalue weighted by Gasteiger charge is 2.46. The molecule has 0 radical (unpaired) electrons. The number of benzene rings is 2. The van der Waals surface area contributed by atoms with Gasteiger partial charge < -0.3 is 49.4 Å². The van der Waals surface area contributed by atoms with Crippen LogP contribution in [0.25, 0.3) is 0 Å². The Morgan fingerprint density at radius 3 is 0.957 bits per heavy atom. The van der Waals surface area contributed by atoms with Gasteiger partial charge in [-0.15, -0.1) is 0 Å². The minimum atomic E-state index is -2.62. The summed E-state index contributed by atoms with van der Waals surface area (Å²) < 4.78 is 7.24. The Kier molecular flexibility index (Phi) is 17.1. The molecule has 2 aromatic rings. The molecule has 1 atom stereocenters. The first-order valence-corrected chi connectivity index (χ1v) is 17.9. The average Bonchev–Trinajstić information content (AvgIpc) is 2.86. The minimum absolute atomic E-state index is 0.223. The SMILES string of the molecule is Cc1cc(C(C)(C)C)c(OC(c2c(C(C)(C)C)cc(C)cc2C(C)(C)C)C(CO)(CO)CO)c(C(C)(C)C)c1.OP(O)O.OP(O)O. The molecule has 2 rings (SSSR count). The van der Waals surface area contributed by atoms with Gasteiger partial charge in [-0.2, -0.15) is 0 Å². The van der Waals surface area contributed by atoms with E-state index in [2.05, 4.69) is 121 Å². The summed E-state index contributed by atoms with van der Waals surface area (Å²) in [5.74, 6) is 0.769. The molecule has 0 bridgehead atoms. The van der Waals surface area contributed by atoms with E-state index in [1.54, 1.807) is 0 Å².